The van der Waals surface area contributed by atoms with Crippen molar-refractivity contribution >= 4 is 11.2 Å². The van der Waals surface area contributed by atoms with Crippen LogP contribution in [0.15, 0.2) is 33.9 Å². The Labute approximate surface area is 125 Å². The monoisotopic (exact) mass is 294 g/mol. The van der Waals surface area contributed by atoms with Gasteiger partial charge in [0.1, 0.15) is 0 Å². The Morgan fingerprint density at radius 3 is 2.77 bits per heavy atom. The van der Waals surface area contributed by atoms with Gasteiger partial charge in [0.2, 0.25) is 0 Å². The van der Waals surface area contributed by atoms with Crippen LogP contribution < -0.4 is 11.2 Å². The number of benzene rings is 1. The van der Waals surface area contributed by atoms with Crippen LogP contribution in [0.4, 0.5) is 0 Å². The van der Waals surface area contributed by atoms with Crippen LogP contribution in [0.25, 0.3) is 11.2 Å². The largest absolute Gasteiger partial charge is 0.330 e. The molecule has 2 heterocycles. The highest BCUT2D eigenvalue weighted by Gasteiger charge is 2.10. The van der Waals surface area contributed by atoms with Crippen LogP contribution in [0.2, 0.25) is 0 Å². The maximum Gasteiger partial charge on any atom is 0.330 e. The molecule has 0 bridgehead atoms. The first kappa shape index (κ1) is 13.9. The molecule has 0 saturated heterocycles. The summed E-state index contributed by atoms with van der Waals surface area (Å²) in [6.07, 6.45) is 0. The summed E-state index contributed by atoms with van der Waals surface area (Å²) in [6.45, 7) is 4.02. The predicted octanol–water partition coefficient (Wildman–Crippen LogP) is 1.14. The number of imidazole rings is 1. The molecule has 0 spiro atoms. The summed E-state index contributed by atoms with van der Waals surface area (Å²) < 4.78 is 1.11. The van der Waals surface area contributed by atoms with Gasteiger partial charge in [0, 0.05) is 12.1 Å². The lowest BCUT2D eigenvalue weighted by molar-refractivity contribution is 0.682. The second-order valence-corrected chi connectivity index (χ2v) is 4.91. The molecule has 6 nitrogen and oxygen atoms in total. The number of fused-ring (bicyclic) bond motifs is 1. The zero-order valence-electron chi connectivity index (χ0n) is 12.2. The molecule has 1 aromatic carbocycles. The quantitative estimate of drug-likeness (QED) is 0.660. The van der Waals surface area contributed by atoms with E-state index in [1.54, 1.807) is 6.92 Å². The summed E-state index contributed by atoms with van der Waals surface area (Å²) in [7, 11) is 0. The lowest BCUT2D eigenvalue weighted by atomic mass is 10.1. The summed E-state index contributed by atoms with van der Waals surface area (Å²) in [4.78, 5) is 33.5. The van der Waals surface area contributed by atoms with Gasteiger partial charge < -0.3 is 4.98 Å². The molecule has 0 aliphatic rings. The fourth-order valence-electron chi connectivity index (χ4n) is 2.22. The Balaban J connectivity index is 2.09. The summed E-state index contributed by atoms with van der Waals surface area (Å²) in [5, 5.41) is 0. The van der Waals surface area contributed by atoms with Gasteiger partial charge in [-0.05, 0) is 37.5 Å². The molecule has 0 aliphatic carbocycles. The normalized spacial score (nSPS) is 10.5. The molecule has 0 amide bonds. The van der Waals surface area contributed by atoms with Gasteiger partial charge in [-0.2, -0.15) is 0 Å². The number of aromatic amines is 2. The Morgan fingerprint density at radius 2 is 2.05 bits per heavy atom. The lowest BCUT2D eigenvalue weighted by Crippen LogP contribution is -2.34. The number of rotatable bonds is 1. The fourth-order valence-corrected chi connectivity index (χ4v) is 2.22. The van der Waals surface area contributed by atoms with Gasteiger partial charge in [-0.25, -0.2) is 9.78 Å². The second kappa shape index (κ2) is 5.37. The van der Waals surface area contributed by atoms with Gasteiger partial charge in [0.05, 0.1) is 0 Å². The van der Waals surface area contributed by atoms with Crippen LogP contribution in [-0.2, 0) is 6.54 Å². The maximum absolute atomic E-state index is 12.1. The molecule has 0 atom stereocenters. The molecule has 0 aliphatic heterocycles. The Kier molecular flexibility index (Phi) is 3.39. The topological polar surface area (TPSA) is 83.5 Å². The van der Waals surface area contributed by atoms with Crippen molar-refractivity contribution < 1.29 is 0 Å². The summed E-state index contributed by atoms with van der Waals surface area (Å²) in [5.41, 5.74) is 1.61. The smallest absolute Gasteiger partial charge is 0.325 e. The van der Waals surface area contributed by atoms with Crippen molar-refractivity contribution in [3.63, 3.8) is 0 Å². The minimum atomic E-state index is -0.468. The SMILES string of the molecule is CCn1c(=O)[nH]c2nc(C#Cc3cccc(C)c3)[nH]c2c1=O. The third kappa shape index (κ3) is 2.44. The van der Waals surface area contributed by atoms with E-state index < -0.39 is 11.2 Å². The maximum atomic E-state index is 12.1. The summed E-state index contributed by atoms with van der Waals surface area (Å²) >= 11 is 0. The van der Waals surface area contributed by atoms with E-state index in [2.05, 4.69) is 26.8 Å². The third-order valence-corrected chi connectivity index (χ3v) is 3.29. The number of hydrogen-bond donors (Lipinski definition) is 2. The average Bonchev–Trinajstić information content (AvgIpc) is 2.89. The predicted molar refractivity (Wildman–Crippen MR) is 83.8 cm³/mol. The van der Waals surface area contributed by atoms with E-state index in [1.807, 2.05) is 31.2 Å². The molecule has 6 heteroatoms. The minimum absolute atomic E-state index is 0.230. The highest BCUT2D eigenvalue weighted by molar-refractivity contribution is 5.69. The first-order valence-electron chi connectivity index (χ1n) is 6.90. The Bertz CT molecular complexity index is 1030. The number of aryl methyl sites for hydroxylation is 1. The van der Waals surface area contributed by atoms with Gasteiger partial charge in [-0.1, -0.05) is 18.1 Å². The van der Waals surface area contributed by atoms with Crippen molar-refractivity contribution in [2.45, 2.75) is 20.4 Å². The molecule has 3 rings (SSSR count). The molecule has 0 radical (unpaired) electrons. The van der Waals surface area contributed by atoms with Crippen LogP contribution in [0.1, 0.15) is 23.9 Å². The molecule has 3 aromatic rings. The van der Waals surface area contributed by atoms with E-state index in [0.29, 0.717) is 12.4 Å². The van der Waals surface area contributed by atoms with Crippen LogP contribution >= 0.6 is 0 Å². The number of nitrogens with zero attached hydrogens (tertiary/aromatic N) is 2. The average molecular weight is 294 g/mol. The Morgan fingerprint density at radius 1 is 1.23 bits per heavy atom. The van der Waals surface area contributed by atoms with Gasteiger partial charge >= 0.3 is 5.69 Å². The lowest BCUT2D eigenvalue weighted by Gasteiger charge is -1.97. The highest BCUT2D eigenvalue weighted by atomic mass is 16.2. The number of hydrogen-bond acceptors (Lipinski definition) is 3. The zero-order valence-corrected chi connectivity index (χ0v) is 12.2. The van der Waals surface area contributed by atoms with Gasteiger partial charge in [0.15, 0.2) is 17.0 Å². The molecular weight excluding hydrogens is 280 g/mol. The van der Waals surface area contributed by atoms with E-state index in [9.17, 15) is 9.59 Å². The van der Waals surface area contributed by atoms with Gasteiger partial charge in [0.25, 0.3) is 5.56 Å². The summed E-state index contributed by atoms with van der Waals surface area (Å²) in [5.74, 6) is 6.20. The standard InChI is InChI=1S/C16H14N4O2/c1-3-20-15(21)13-14(19-16(20)22)18-12(17-13)8-7-11-6-4-5-10(2)9-11/h4-6,9H,3H2,1-2H3,(H,17,18)(H,19,22). The van der Waals surface area contributed by atoms with Crippen molar-refractivity contribution in [2.24, 2.45) is 0 Å². The molecule has 0 unspecified atom stereocenters. The number of aromatic nitrogens is 4. The third-order valence-electron chi connectivity index (χ3n) is 3.29. The molecule has 2 aromatic heterocycles. The molecule has 110 valence electrons. The van der Waals surface area contributed by atoms with Crippen molar-refractivity contribution in [1.82, 2.24) is 19.5 Å². The van der Waals surface area contributed by atoms with E-state index in [-0.39, 0.29) is 11.2 Å². The van der Waals surface area contributed by atoms with Crippen LogP contribution in [0.5, 0.6) is 0 Å². The van der Waals surface area contributed by atoms with Crippen molar-refractivity contribution in [1.29, 1.82) is 0 Å². The second-order valence-electron chi connectivity index (χ2n) is 4.91. The molecular formula is C16H14N4O2. The van der Waals surface area contributed by atoms with Gasteiger partial charge in [-0.15, -0.1) is 0 Å². The highest BCUT2D eigenvalue weighted by Crippen LogP contribution is 2.04. The minimum Gasteiger partial charge on any atom is -0.325 e. The molecule has 22 heavy (non-hydrogen) atoms. The van der Waals surface area contributed by atoms with Crippen LogP contribution in [0, 0.1) is 18.8 Å². The van der Waals surface area contributed by atoms with E-state index >= 15 is 0 Å². The van der Waals surface area contributed by atoms with Crippen molar-refractivity contribution in [2.75, 3.05) is 0 Å². The molecule has 0 fully saturated rings. The first-order valence-corrected chi connectivity index (χ1v) is 6.90. The van der Waals surface area contributed by atoms with Crippen LogP contribution in [-0.4, -0.2) is 19.5 Å². The zero-order chi connectivity index (χ0) is 15.7. The molecule has 0 saturated carbocycles. The first-order chi connectivity index (χ1) is 10.6. The summed E-state index contributed by atoms with van der Waals surface area (Å²) in [6, 6.07) is 7.77. The van der Waals surface area contributed by atoms with E-state index in [1.165, 1.54) is 0 Å². The number of H-pyrrole nitrogens is 2. The number of nitrogens with one attached hydrogen (secondary N) is 2. The van der Waals surface area contributed by atoms with Gasteiger partial charge in [-0.3, -0.25) is 14.3 Å². The van der Waals surface area contributed by atoms with Crippen molar-refractivity contribution in [3.05, 3.63) is 62.1 Å². The molecule has 2 N–H and O–H groups in total. The fraction of sp³-hybridized carbons (Fsp3) is 0.188. The van der Waals surface area contributed by atoms with E-state index in [0.717, 1.165) is 15.7 Å². The van der Waals surface area contributed by atoms with Crippen molar-refractivity contribution in [3.8, 4) is 11.8 Å². The Hall–Kier alpha value is -3.07. The van der Waals surface area contributed by atoms with E-state index in [4.69, 9.17) is 0 Å². The van der Waals surface area contributed by atoms with Crippen LogP contribution in [0.3, 0.4) is 0 Å².